The topological polar surface area (TPSA) is 109 Å². The molecule has 1 atom stereocenters. The number of benzene rings is 2. The summed E-state index contributed by atoms with van der Waals surface area (Å²) in [5.74, 6) is -0.213. The maximum absolute atomic E-state index is 12.9. The van der Waals surface area contributed by atoms with E-state index in [9.17, 15) is 14.4 Å². The highest BCUT2D eigenvalue weighted by molar-refractivity contribution is 5.99. The molecule has 160 valence electrons. The molecule has 2 aromatic heterocycles. The fourth-order valence-corrected chi connectivity index (χ4v) is 3.98. The summed E-state index contributed by atoms with van der Waals surface area (Å²) in [4.78, 5) is 43.4. The van der Waals surface area contributed by atoms with Gasteiger partial charge in [-0.15, -0.1) is 0 Å². The molecule has 0 spiro atoms. The van der Waals surface area contributed by atoms with Gasteiger partial charge in [0.1, 0.15) is 0 Å². The first-order valence-electron chi connectivity index (χ1n) is 10.3. The highest BCUT2D eigenvalue weighted by Gasteiger charge is 2.20. The molecule has 8 heteroatoms. The Kier molecular flexibility index (Phi) is 4.62. The van der Waals surface area contributed by atoms with E-state index in [-0.39, 0.29) is 23.5 Å². The highest BCUT2D eigenvalue weighted by Crippen LogP contribution is 2.27. The maximum Gasteiger partial charge on any atom is 0.327 e. The van der Waals surface area contributed by atoms with Crippen LogP contribution < -0.4 is 16.3 Å². The first kappa shape index (κ1) is 19.7. The Balaban J connectivity index is 1.38. The molecule has 32 heavy (non-hydrogen) atoms. The number of fused-ring (bicyclic) bond motifs is 2. The third-order valence-electron chi connectivity index (χ3n) is 5.82. The second-order valence-corrected chi connectivity index (χ2v) is 8.00. The van der Waals surface area contributed by atoms with E-state index in [0.29, 0.717) is 23.1 Å². The molecule has 2 amide bonds. The van der Waals surface area contributed by atoms with Crippen molar-refractivity contribution in [1.82, 2.24) is 19.9 Å². The lowest BCUT2D eigenvalue weighted by molar-refractivity contribution is -0.115. The monoisotopic (exact) mass is 427 g/mol. The predicted molar refractivity (Wildman–Crippen MR) is 121 cm³/mol. The number of aromatic amines is 1. The second-order valence-electron chi connectivity index (χ2n) is 8.00. The van der Waals surface area contributed by atoms with Gasteiger partial charge in [-0.05, 0) is 47.9 Å². The molecule has 3 N–H and O–H groups in total. The Morgan fingerprint density at radius 3 is 2.81 bits per heavy atom. The molecule has 1 unspecified atom stereocenters. The maximum atomic E-state index is 12.9. The summed E-state index contributed by atoms with van der Waals surface area (Å²) >= 11 is 0. The van der Waals surface area contributed by atoms with Gasteiger partial charge in [0, 0.05) is 30.1 Å². The lowest BCUT2D eigenvalue weighted by Crippen LogP contribution is -2.26. The number of imidazole rings is 1. The SMILES string of the molecule is CC(NC(=O)c1cccc(-c2cnc3[nH]c(=O)n(C)c3c2)c1)c1ccc2c(c1)CC(=O)N2. The third-order valence-corrected chi connectivity index (χ3v) is 5.82. The first-order valence-corrected chi connectivity index (χ1v) is 10.3. The lowest BCUT2D eigenvalue weighted by atomic mass is 10.0. The van der Waals surface area contributed by atoms with Crippen molar-refractivity contribution in [2.45, 2.75) is 19.4 Å². The van der Waals surface area contributed by atoms with Crippen LogP contribution in [0.5, 0.6) is 0 Å². The zero-order valence-corrected chi connectivity index (χ0v) is 17.6. The van der Waals surface area contributed by atoms with E-state index in [4.69, 9.17) is 0 Å². The van der Waals surface area contributed by atoms with Gasteiger partial charge in [0.15, 0.2) is 5.65 Å². The summed E-state index contributed by atoms with van der Waals surface area (Å²) in [6, 6.07) is 14.7. The summed E-state index contributed by atoms with van der Waals surface area (Å²) < 4.78 is 1.50. The van der Waals surface area contributed by atoms with E-state index < -0.39 is 0 Å². The van der Waals surface area contributed by atoms with Crippen LogP contribution in [0.3, 0.4) is 0 Å². The first-order chi connectivity index (χ1) is 15.4. The molecule has 4 aromatic rings. The van der Waals surface area contributed by atoms with Gasteiger partial charge in [0.25, 0.3) is 5.91 Å². The van der Waals surface area contributed by atoms with Crippen LogP contribution in [0.4, 0.5) is 5.69 Å². The molecule has 0 saturated heterocycles. The number of nitrogens with zero attached hydrogens (tertiary/aromatic N) is 2. The average Bonchev–Trinajstić information content (AvgIpc) is 3.30. The zero-order valence-electron chi connectivity index (χ0n) is 17.6. The van der Waals surface area contributed by atoms with Crippen molar-refractivity contribution in [3.05, 3.63) is 81.9 Å². The van der Waals surface area contributed by atoms with Crippen LogP contribution in [-0.2, 0) is 18.3 Å². The van der Waals surface area contributed by atoms with Gasteiger partial charge in [-0.2, -0.15) is 0 Å². The highest BCUT2D eigenvalue weighted by atomic mass is 16.2. The number of aromatic nitrogens is 3. The summed E-state index contributed by atoms with van der Waals surface area (Å²) in [7, 11) is 1.68. The molecule has 1 aliphatic heterocycles. The number of rotatable bonds is 4. The Bertz CT molecular complexity index is 1450. The lowest BCUT2D eigenvalue weighted by Gasteiger charge is -2.16. The fraction of sp³-hybridized carbons (Fsp3) is 0.167. The molecule has 0 fully saturated rings. The van der Waals surface area contributed by atoms with Gasteiger partial charge in [-0.3, -0.25) is 19.1 Å². The van der Waals surface area contributed by atoms with E-state index in [0.717, 1.165) is 27.9 Å². The number of anilines is 1. The van der Waals surface area contributed by atoms with Gasteiger partial charge in [0.2, 0.25) is 5.91 Å². The van der Waals surface area contributed by atoms with Crippen molar-refractivity contribution >= 4 is 28.7 Å². The number of carbonyl (C=O) groups excluding carboxylic acids is 2. The molecule has 0 aliphatic carbocycles. The number of aryl methyl sites for hydroxylation is 1. The van der Waals surface area contributed by atoms with Gasteiger partial charge in [0.05, 0.1) is 18.0 Å². The predicted octanol–water partition coefficient (Wildman–Crippen LogP) is 2.91. The Morgan fingerprint density at radius 2 is 1.97 bits per heavy atom. The minimum Gasteiger partial charge on any atom is -0.346 e. The van der Waals surface area contributed by atoms with Crippen LogP contribution in [0.1, 0.15) is 34.5 Å². The smallest absolute Gasteiger partial charge is 0.327 e. The molecular formula is C24H21N5O3. The van der Waals surface area contributed by atoms with Crippen LogP contribution in [0.2, 0.25) is 0 Å². The van der Waals surface area contributed by atoms with Crippen molar-refractivity contribution in [3.63, 3.8) is 0 Å². The van der Waals surface area contributed by atoms with Crippen molar-refractivity contribution in [2.24, 2.45) is 7.05 Å². The number of amides is 2. The van der Waals surface area contributed by atoms with Crippen LogP contribution in [-0.4, -0.2) is 26.3 Å². The molecule has 2 aromatic carbocycles. The van der Waals surface area contributed by atoms with Crippen LogP contribution in [0.25, 0.3) is 22.3 Å². The fourth-order valence-electron chi connectivity index (χ4n) is 3.98. The van der Waals surface area contributed by atoms with E-state index in [1.165, 1.54) is 4.57 Å². The van der Waals surface area contributed by atoms with E-state index in [2.05, 4.69) is 20.6 Å². The largest absolute Gasteiger partial charge is 0.346 e. The Labute approximate surface area is 183 Å². The summed E-state index contributed by atoms with van der Waals surface area (Å²) in [5.41, 5.74) is 5.87. The number of hydrogen-bond donors (Lipinski definition) is 3. The summed E-state index contributed by atoms with van der Waals surface area (Å²) in [5, 5.41) is 5.84. The summed E-state index contributed by atoms with van der Waals surface area (Å²) in [6.07, 6.45) is 2.04. The number of carbonyl (C=O) groups is 2. The molecule has 8 nitrogen and oxygen atoms in total. The number of nitrogens with one attached hydrogen (secondary N) is 3. The van der Waals surface area contributed by atoms with Crippen LogP contribution in [0, 0.1) is 0 Å². The Morgan fingerprint density at radius 1 is 1.12 bits per heavy atom. The van der Waals surface area contributed by atoms with Crippen LogP contribution >= 0.6 is 0 Å². The van der Waals surface area contributed by atoms with Gasteiger partial charge in [-0.1, -0.05) is 24.3 Å². The van der Waals surface area contributed by atoms with Crippen molar-refractivity contribution < 1.29 is 9.59 Å². The van der Waals surface area contributed by atoms with Crippen molar-refractivity contribution in [2.75, 3.05) is 5.32 Å². The molecule has 0 bridgehead atoms. The third kappa shape index (κ3) is 3.45. The van der Waals surface area contributed by atoms with Crippen LogP contribution in [0.15, 0.2) is 59.5 Å². The minimum absolute atomic E-state index is 0.0157. The van der Waals surface area contributed by atoms with Crippen molar-refractivity contribution in [1.29, 1.82) is 0 Å². The van der Waals surface area contributed by atoms with E-state index in [1.54, 1.807) is 25.4 Å². The molecule has 0 saturated carbocycles. The molecule has 0 radical (unpaired) electrons. The standard InChI is InChI=1S/C24H21N5O3/c1-13(14-6-7-19-17(8-14)11-21(30)27-19)26-23(31)16-5-3-4-15(9-16)18-10-20-22(25-12-18)28-24(32)29(20)2/h3-10,12-13H,11H2,1-2H3,(H,26,31)(H,27,30)(H,25,28,32). The minimum atomic E-state index is -0.224. The van der Waals surface area contributed by atoms with Gasteiger partial charge < -0.3 is 10.6 Å². The zero-order chi connectivity index (χ0) is 22.4. The number of hydrogen-bond acceptors (Lipinski definition) is 4. The molecule has 1 aliphatic rings. The normalized spacial score (nSPS) is 13.6. The van der Waals surface area contributed by atoms with E-state index in [1.807, 2.05) is 43.3 Å². The van der Waals surface area contributed by atoms with Gasteiger partial charge >= 0.3 is 5.69 Å². The molecule has 3 heterocycles. The number of pyridine rings is 1. The summed E-state index contributed by atoms with van der Waals surface area (Å²) in [6.45, 7) is 1.91. The van der Waals surface area contributed by atoms with E-state index >= 15 is 0 Å². The van der Waals surface area contributed by atoms with Gasteiger partial charge in [-0.25, -0.2) is 9.78 Å². The van der Waals surface area contributed by atoms with Crippen molar-refractivity contribution in [3.8, 4) is 11.1 Å². The Hall–Kier alpha value is -4.20. The average molecular weight is 427 g/mol. The molecular weight excluding hydrogens is 406 g/mol. The second kappa shape index (κ2) is 7.49. The number of H-pyrrole nitrogens is 1. The molecule has 5 rings (SSSR count). The quantitative estimate of drug-likeness (QED) is 0.465.